The van der Waals surface area contributed by atoms with E-state index >= 15 is 0 Å². The number of carbonyl (C=O) groups is 2. The molecule has 7 nitrogen and oxygen atoms in total. The van der Waals surface area contributed by atoms with Crippen LogP contribution in [0.15, 0.2) is 46.9 Å². The Labute approximate surface area is 213 Å². The maximum absolute atomic E-state index is 13.2. The fourth-order valence-electron chi connectivity index (χ4n) is 5.31. The number of nitrogens with zero attached hydrogens (tertiary/aromatic N) is 4. The molecular formula is C29H36N4O3. The molecule has 7 heteroatoms. The van der Waals surface area contributed by atoms with E-state index in [4.69, 9.17) is 4.42 Å². The van der Waals surface area contributed by atoms with Gasteiger partial charge >= 0.3 is 0 Å². The third kappa shape index (κ3) is 5.46. The maximum Gasteiger partial charge on any atom is 0.253 e. The van der Waals surface area contributed by atoms with Crippen LogP contribution in [0.2, 0.25) is 0 Å². The molecule has 0 N–H and O–H groups in total. The van der Waals surface area contributed by atoms with E-state index in [-0.39, 0.29) is 11.8 Å². The lowest BCUT2D eigenvalue weighted by Crippen LogP contribution is -2.49. The number of fused-ring (bicyclic) bond motifs is 1. The lowest BCUT2D eigenvalue weighted by Gasteiger charge is -2.36. The van der Waals surface area contributed by atoms with Crippen molar-refractivity contribution >= 4 is 22.9 Å². The summed E-state index contributed by atoms with van der Waals surface area (Å²) >= 11 is 0. The Morgan fingerprint density at radius 1 is 0.944 bits per heavy atom. The molecule has 1 aromatic heterocycles. The molecule has 2 aliphatic heterocycles. The predicted molar refractivity (Wildman–Crippen MR) is 141 cm³/mol. The molecule has 2 saturated heterocycles. The molecule has 3 heterocycles. The number of rotatable bonds is 6. The van der Waals surface area contributed by atoms with Crippen LogP contribution < -0.4 is 0 Å². The average Bonchev–Trinajstić information content (AvgIpc) is 3.33. The first-order chi connectivity index (χ1) is 17.5. The van der Waals surface area contributed by atoms with E-state index in [0.717, 1.165) is 63.1 Å². The number of oxazole rings is 1. The highest BCUT2D eigenvalue weighted by atomic mass is 16.3. The zero-order chi connectivity index (χ0) is 25.1. The van der Waals surface area contributed by atoms with Gasteiger partial charge in [-0.05, 0) is 69.0 Å². The number of hydrogen-bond acceptors (Lipinski definition) is 5. The van der Waals surface area contributed by atoms with Crippen LogP contribution >= 0.6 is 0 Å². The minimum Gasteiger partial charge on any atom is -0.436 e. The lowest BCUT2D eigenvalue weighted by molar-refractivity contribution is -0.134. The van der Waals surface area contributed by atoms with Crippen molar-refractivity contribution in [3.63, 3.8) is 0 Å². The summed E-state index contributed by atoms with van der Waals surface area (Å²) in [6, 6.07) is 13.5. The van der Waals surface area contributed by atoms with Gasteiger partial charge in [0.2, 0.25) is 11.8 Å². The number of benzene rings is 2. The van der Waals surface area contributed by atoms with Crippen LogP contribution in [0.25, 0.3) is 22.6 Å². The Balaban J connectivity index is 1.15. The summed E-state index contributed by atoms with van der Waals surface area (Å²) in [5.41, 5.74) is 4.09. The molecule has 3 aromatic rings. The SMILES string of the molecule is CCCN1CCN(C(=O)CC2CCN(C(=O)c3ccc4nc(-c5ccc(C)cc5)oc4c3)CC2)CC1. The first kappa shape index (κ1) is 24.5. The van der Waals surface area contributed by atoms with Crippen molar-refractivity contribution in [1.82, 2.24) is 19.7 Å². The Morgan fingerprint density at radius 2 is 1.67 bits per heavy atom. The minimum absolute atomic E-state index is 0.0157. The van der Waals surface area contributed by atoms with Gasteiger partial charge in [0.1, 0.15) is 5.52 Å². The second kappa shape index (κ2) is 10.8. The van der Waals surface area contributed by atoms with Crippen molar-refractivity contribution in [3.05, 3.63) is 53.6 Å². The van der Waals surface area contributed by atoms with Crippen LogP contribution in [0.3, 0.4) is 0 Å². The molecule has 2 aromatic carbocycles. The van der Waals surface area contributed by atoms with E-state index in [1.807, 2.05) is 53.1 Å². The fraction of sp³-hybridized carbons (Fsp3) is 0.483. The topological polar surface area (TPSA) is 69.9 Å². The van der Waals surface area contributed by atoms with Crippen LogP contribution in [0.5, 0.6) is 0 Å². The van der Waals surface area contributed by atoms with Gasteiger partial charge < -0.3 is 14.2 Å². The molecule has 0 atom stereocenters. The first-order valence-electron chi connectivity index (χ1n) is 13.3. The molecule has 0 aliphatic carbocycles. The molecule has 0 radical (unpaired) electrons. The smallest absolute Gasteiger partial charge is 0.253 e. The van der Waals surface area contributed by atoms with Gasteiger partial charge in [0.15, 0.2) is 5.58 Å². The minimum atomic E-state index is 0.0157. The largest absolute Gasteiger partial charge is 0.436 e. The number of piperazine rings is 1. The highest BCUT2D eigenvalue weighted by Crippen LogP contribution is 2.27. The van der Waals surface area contributed by atoms with E-state index in [1.54, 1.807) is 6.07 Å². The maximum atomic E-state index is 13.2. The summed E-state index contributed by atoms with van der Waals surface area (Å²) in [5.74, 6) is 1.20. The van der Waals surface area contributed by atoms with Crippen molar-refractivity contribution in [2.45, 2.75) is 39.5 Å². The van der Waals surface area contributed by atoms with E-state index < -0.39 is 0 Å². The van der Waals surface area contributed by atoms with Crippen LogP contribution in [0, 0.1) is 12.8 Å². The van der Waals surface area contributed by atoms with Gasteiger partial charge in [-0.15, -0.1) is 0 Å². The van der Waals surface area contributed by atoms with Crippen LogP contribution in [0.1, 0.15) is 48.5 Å². The summed E-state index contributed by atoms with van der Waals surface area (Å²) in [4.78, 5) is 37.0. The average molecular weight is 489 g/mol. The standard InChI is InChI=1S/C29H36N4O3/c1-3-12-31-15-17-32(18-16-31)27(34)19-22-10-13-33(14-11-22)29(35)24-8-9-25-26(20-24)36-28(30-25)23-6-4-21(2)5-7-23/h4-9,20,22H,3,10-19H2,1-2H3. The van der Waals surface area contributed by atoms with Gasteiger partial charge in [-0.3, -0.25) is 14.5 Å². The molecule has 5 rings (SSSR count). The van der Waals surface area contributed by atoms with Crippen molar-refractivity contribution < 1.29 is 14.0 Å². The number of piperidine rings is 1. The van der Waals surface area contributed by atoms with Crippen molar-refractivity contribution in [2.75, 3.05) is 45.8 Å². The summed E-state index contributed by atoms with van der Waals surface area (Å²) < 4.78 is 5.98. The van der Waals surface area contributed by atoms with E-state index in [9.17, 15) is 9.59 Å². The summed E-state index contributed by atoms with van der Waals surface area (Å²) in [6.07, 6.45) is 3.50. The first-order valence-corrected chi connectivity index (χ1v) is 13.3. The molecule has 2 amide bonds. The quantitative estimate of drug-likeness (QED) is 0.507. The zero-order valence-electron chi connectivity index (χ0n) is 21.4. The summed E-state index contributed by atoms with van der Waals surface area (Å²) in [6.45, 7) is 10.4. The van der Waals surface area contributed by atoms with Crippen LogP contribution in [-0.2, 0) is 4.79 Å². The van der Waals surface area contributed by atoms with E-state index in [1.165, 1.54) is 5.56 Å². The highest BCUT2D eigenvalue weighted by molar-refractivity contribution is 5.97. The Kier molecular flexibility index (Phi) is 7.37. The molecule has 0 bridgehead atoms. The third-order valence-electron chi connectivity index (χ3n) is 7.56. The molecule has 36 heavy (non-hydrogen) atoms. The molecular weight excluding hydrogens is 452 g/mol. The normalized spacial score (nSPS) is 17.6. The Bertz CT molecular complexity index is 1200. The summed E-state index contributed by atoms with van der Waals surface area (Å²) in [7, 11) is 0. The third-order valence-corrected chi connectivity index (χ3v) is 7.56. The fourth-order valence-corrected chi connectivity index (χ4v) is 5.31. The summed E-state index contributed by atoms with van der Waals surface area (Å²) in [5, 5.41) is 0. The molecule has 0 unspecified atom stereocenters. The number of amides is 2. The molecule has 0 saturated carbocycles. The van der Waals surface area contributed by atoms with Crippen molar-refractivity contribution in [3.8, 4) is 11.5 Å². The number of hydrogen-bond donors (Lipinski definition) is 0. The van der Waals surface area contributed by atoms with E-state index in [2.05, 4.69) is 16.8 Å². The number of aromatic nitrogens is 1. The van der Waals surface area contributed by atoms with Crippen LogP contribution in [-0.4, -0.2) is 77.3 Å². The monoisotopic (exact) mass is 488 g/mol. The predicted octanol–water partition coefficient (Wildman–Crippen LogP) is 4.60. The van der Waals surface area contributed by atoms with Crippen molar-refractivity contribution in [2.24, 2.45) is 5.92 Å². The Morgan fingerprint density at radius 3 is 2.36 bits per heavy atom. The zero-order valence-corrected chi connectivity index (χ0v) is 21.4. The van der Waals surface area contributed by atoms with Gasteiger partial charge in [0, 0.05) is 56.8 Å². The second-order valence-electron chi connectivity index (χ2n) is 10.2. The molecule has 2 fully saturated rings. The van der Waals surface area contributed by atoms with Gasteiger partial charge in [0.25, 0.3) is 5.91 Å². The highest BCUT2D eigenvalue weighted by Gasteiger charge is 2.28. The van der Waals surface area contributed by atoms with Gasteiger partial charge in [-0.25, -0.2) is 4.98 Å². The molecule has 0 spiro atoms. The van der Waals surface area contributed by atoms with Gasteiger partial charge in [0.05, 0.1) is 0 Å². The lowest BCUT2D eigenvalue weighted by atomic mass is 9.92. The molecule has 190 valence electrons. The Hall–Kier alpha value is -3.19. The second-order valence-corrected chi connectivity index (χ2v) is 10.2. The van der Waals surface area contributed by atoms with Crippen molar-refractivity contribution in [1.29, 1.82) is 0 Å². The van der Waals surface area contributed by atoms with E-state index in [0.29, 0.717) is 42.5 Å². The molecule has 2 aliphatic rings. The van der Waals surface area contributed by atoms with Crippen LogP contribution in [0.4, 0.5) is 0 Å². The van der Waals surface area contributed by atoms with Gasteiger partial charge in [-0.2, -0.15) is 0 Å². The van der Waals surface area contributed by atoms with Gasteiger partial charge in [-0.1, -0.05) is 24.6 Å². The number of carbonyl (C=O) groups excluding carboxylic acids is 2. The number of likely N-dealkylation sites (tertiary alicyclic amines) is 1. The number of aryl methyl sites for hydroxylation is 1.